The number of halogens is 6. The van der Waals surface area contributed by atoms with Gasteiger partial charge in [-0.2, -0.15) is 28.6 Å². The van der Waals surface area contributed by atoms with Gasteiger partial charge in [-0.05, 0) is 6.07 Å². The monoisotopic (exact) mass is 300 g/mol. The lowest BCUT2D eigenvalue weighted by Gasteiger charge is -2.17. The van der Waals surface area contributed by atoms with Crippen LogP contribution in [0.15, 0.2) is 24.3 Å². The van der Waals surface area contributed by atoms with Gasteiger partial charge in [0.1, 0.15) is 0 Å². The van der Waals surface area contributed by atoms with Gasteiger partial charge in [0, 0.05) is 11.1 Å². The second-order valence-electron chi connectivity index (χ2n) is 3.58. The predicted octanol–water partition coefficient (Wildman–Crippen LogP) is 1.87. The van der Waals surface area contributed by atoms with Crippen LogP contribution in [0.5, 0.6) is 0 Å². The van der Waals surface area contributed by atoms with E-state index in [0.29, 0.717) is 18.2 Å². The number of hydrogen-bond acceptors (Lipinski definition) is 2. The molecule has 0 bridgehead atoms. The molecule has 0 aliphatic rings. The number of carbonyl (C=O) groups excluding carboxylic acids is 2. The summed E-state index contributed by atoms with van der Waals surface area (Å²) < 4.78 is 76.8. The number of nitrogens with one attached hydrogen (secondary N) is 2. The first-order valence-electron chi connectivity index (χ1n) is 4.86. The Hall–Kier alpha value is -2.26. The minimum absolute atomic E-state index is 0.102. The Bertz CT molecular complexity index is 491. The number of hydrogen-bond donors (Lipinski definition) is 2. The molecule has 1 aromatic rings. The van der Waals surface area contributed by atoms with E-state index in [1.165, 1.54) is 0 Å². The van der Waals surface area contributed by atoms with E-state index in [1.54, 1.807) is 0 Å². The Balaban J connectivity index is 3.27. The van der Waals surface area contributed by atoms with E-state index in [9.17, 15) is 36.1 Å². The first-order valence-corrected chi connectivity index (χ1v) is 4.86. The van der Waals surface area contributed by atoms with Crippen molar-refractivity contribution in [2.24, 2.45) is 0 Å². The van der Waals surface area contributed by atoms with E-state index < -0.39 is 34.8 Å². The number of amides is 2. The van der Waals surface area contributed by atoms with Crippen LogP contribution in [-0.4, -0.2) is 11.8 Å². The first-order chi connectivity index (χ1) is 9.17. The zero-order valence-corrected chi connectivity index (χ0v) is 9.39. The Kier molecular flexibility index (Phi) is 4.26. The Labute approximate surface area is 107 Å². The van der Waals surface area contributed by atoms with Crippen LogP contribution in [0.1, 0.15) is 11.1 Å². The molecule has 0 aromatic heterocycles. The van der Waals surface area contributed by atoms with Crippen molar-refractivity contribution in [3.63, 3.8) is 0 Å². The van der Waals surface area contributed by atoms with Gasteiger partial charge >= 0.3 is 23.7 Å². The molecule has 0 radical (unpaired) electrons. The van der Waals surface area contributed by atoms with Crippen LogP contribution in [0.2, 0.25) is 0 Å². The first kappa shape index (κ1) is 15.8. The molecule has 1 aromatic carbocycles. The molecule has 2 N–H and O–H groups in total. The van der Waals surface area contributed by atoms with Crippen molar-refractivity contribution in [1.29, 1.82) is 0 Å². The van der Waals surface area contributed by atoms with Crippen LogP contribution < -0.4 is 11.1 Å². The van der Waals surface area contributed by atoms with Gasteiger partial charge in [-0.25, -0.2) is 0 Å². The summed E-state index contributed by atoms with van der Waals surface area (Å²) in [7, 11) is 0. The molecule has 0 saturated carbocycles. The van der Waals surface area contributed by atoms with Crippen molar-refractivity contribution in [2.75, 3.05) is 0 Å². The largest absolute Gasteiger partial charge is 0.352 e. The van der Waals surface area contributed by atoms with Crippen LogP contribution in [0.25, 0.3) is 0 Å². The fourth-order valence-corrected chi connectivity index (χ4v) is 1.29. The maximum Gasteiger partial charge on any atom is 0.352 e. The minimum atomic E-state index is -4.44. The molecule has 0 atom stereocenters. The van der Waals surface area contributed by atoms with Gasteiger partial charge in [0.15, 0.2) is 0 Å². The third-order valence-electron chi connectivity index (χ3n) is 2.33. The predicted molar refractivity (Wildman–Crippen MR) is 52.7 cm³/mol. The fraction of sp³-hybridized carbons (Fsp3) is 0.200. The smallest absolute Gasteiger partial charge is 0.265 e. The summed E-state index contributed by atoms with van der Waals surface area (Å²) in [4.78, 5) is 21.2. The zero-order chi connectivity index (χ0) is 15.6. The number of carbonyl (C=O) groups is 2. The van der Waals surface area contributed by atoms with Crippen LogP contribution in [0.3, 0.4) is 0 Å². The second kappa shape index (κ2) is 5.39. The van der Waals surface area contributed by atoms with E-state index in [0.717, 1.165) is 0 Å². The molecule has 0 fully saturated rings. The molecule has 2 amide bonds. The summed E-state index contributed by atoms with van der Waals surface area (Å²) >= 11 is 0. The summed E-state index contributed by atoms with van der Waals surface area (Å²) in [6.45, 7) is 0. The SMILES string of the molecule is O=C(NF)C(F)(F)c1cccc(C(F)(F)C(=O)NF)c1. The summed E-state index contributed by atoms with van der Waals surface area (Å²) in [5.41, 5.74) is -2.20. The number of alkyl halides is 4. The standard InChI is InChI=1S/C10H6F6N2O2/c11-9(12,7(19)17-15)5-2-1-3-6(4-5)10(13,14)8(20)18-16/h1-4H,(H,17,19)(H,18,20). The third kappa shape index (κ3) is 2.68. The van der Waals surface area contributed by atoms with Crippen molar-refractivity contribution in [3.05, 3.63) is 35.4 Å². The lowest BCUT2D eigenvalue weighted by molar-refractivity contribution is -0.152. The normalized spacial score (nSPS) is 11.9. The quantitative estimate of drug-likeness (QED) is 0.659. The summed E-state index contributed by atoms with van der Waals surface area (Å²) in [6, 6.07) is 1.93. The second-order valence-corrected chi connectivity index (χ2v) is 3.58. The molecule has 0 aliphatic carbocycles. The van der Waals surface area contributed by atoms with E-state index in [-0.39, 0.29) is 17.1 Å². The molecular weight excluding hydrogens is 294 g/mol. The molecule has 0 heterocycles. The van der Waals surface area contributed by atoms with Gasteiger partial charge in [0.25, 0.3) is 0 Å². The molecule has 110 valence electrons. The average molecular weight is 300 g/mol. The van der Waals surface area contributed by atoms with Crippen LogP contribution in [0.4, 0.5) is 26.5 Å². The molecule has 4 nitrogen and oxygen atoms in total. The Morgan fingerprint density at radius 1 is 0.850 bits per heavy atom. The summed E-state index contributed by atoms with van der Waals surface area (Å²) in [5.74, 6) is -13.6. The fourth-order valence-electron chi connectivity index (χ4n) is 1.29. The Morgan fingerprint density at radius 2 is 1.20 bits per heavy atom. The molecule has 10 heteroatoms. The lowest BCUT2D eigenvalue weighted by atomic mass is 10.0. The molecule has 0 unspecified atom stereocenters. The number of rotatable bonds is 4. The van der Waals surface area contributed by atoms with Crippen LogP contribution >= 0.6 is 0 Å². The van der Waals surface area contributed by atoms with Crippen molar-refractivity contribution < 1.29 is 36.1 Å². The van der Waals surface area contributed by atoms with Gasteiger partial charge in [-0.3, -0.25) is 9.59 Å². The van der Waals surface area contributed by atoms with Crippen molar-refractivity contribution in [1.82, 2.24) is 11.1 Å². The van der Waals surface area contributed by atoms with Crippen LogP contribution in [0, 0.1) is 0 Å². The average Bonchev–Trinajstić information content (AvgIpc) is 2.45. The van der Waals surface area contributed by atoms with Crippen molar-refractivity contribution >= 4 is 11.8 Å². The minimum Gasteiger partial charge on any atom is -0.265 e. The van der Waals surface area contributed by atoms with E-state index in [4.69, 9.17) is 0 Å². The van der Waals surface area contributed by atoms with Gasteiger partial charge in [0.05, 0.1) is 0 Å². The number of benzene rings is 1. The van der Waals surface area contributed by atoms with E-state index in [1.807, 2.05) is 0 Å². The highest BCUT2D eigenvalue weighted by atomic mass is 19.3. The molecular formula is C10H6F6N2O2. The highest BCUT2D eigenvalue weighted by Crippen LogP contribution is 2.34. The van der Waals surface area contributed by atoms with E-state index >= 15 is 0 Å². The van der Waals surface area contributed by atoms with E-state index in [2.05, 4.69) is 0 Å². The highest BCUT2D eigenvalue weighted by molar-refractivity contribution is 5.85. The van der Waals surface area contributed by atoms with Gasteiger partial charge in [-0.15, -0.1) is 8.96 Å². The molecule has 0 saturated heterocycles. The molecule has 20 heavy (non-hydrogen) atoms. The van der Waals surface area contributed by atoms with Crippen molar-refractivity contribution in [3.8, 4) is 0 Å². The molecule has 1 rings (SSSR count). The van der Waals surface area contributed by atoms with Crippen molar-refractivity contribution in [2.45, 2.75) is 11.8 Å². The molecule has 0 spiro atoms. The topological polar surface area (TPSA) is 58.2 Å². The molecule has 0 aliphatic heterocycles. The summed E-state index contributed by atoms with van der Waals surface area (Å²) in [6.07, 6.45) is 0. The van der Waals surface area contributed by atoms with Gasteiger partial charge in [0.2, 0.25) is 0 Å². The lowest BCUT2D eigenvalue weighted by Crippen LogP contribution is -2.36. The maximum atomic E-state index is 13.3. The maximum absolute atomic E-state index is 13.3. The Morgan fingerprint density at radius 3 is 1.50 bits per heavy atom. The highest BCUT2D eigenvalue weighted by Gasteiger charge is 2.45. The third-order valence-corrected chi connectivity index (χ3v) is 2.33. The van der Waals surface area contributed by atoms with Crippen LogP contribution in [-0.2, 0) is 21.4 Å². The summed E-state index contributed by atoms with van der Waals surface area (Å²) in [5, 5.41) is 0. The zero-order valence-electron chi connectivity index (χ0n) is 9.39. The van der Waals surface area contributed by atoms with Gasteiger partial charge < -0.3 is 0 Å². The van der Waals surface area contributed by atoms with Gasteiger partial charge in [-0.1, -0.05) is 18.2 Å².